The largest absolute Gasteiger partial charge is 0.392 e. The Hall–Kier alpha value is -1.34. The third kappa shape index (κ3) is 4.94. The van der Waals surface area contributed by atoms with Crippen molar-refractivity contribution < 1.29 is 5.11 Å². The van der Waals surface area contributed by atoms with Gasteiger partial charge in [0.05, 0.1) is 6.61 Å². The molecule has 1 aromatic rings. The second-order valence-electron chi connectivity index (χ2n) is 3.81. The number of allylic oxidation sites excluding steroid dienone is 2. The zero-order valence-corrected chi connectivity index (χ0v) is 9.89. The molecule has 86 valence electrons. The van der Waals surface area contributed by atoms with Crippen LogP contribution in [-0.2, 0) is 0 Å². The Labute approximate surface area is 98.1 Å². The van der Waals surface area contributed by atoms with Crippen molar-refractivity contribution in [3.05, 3.63) is 53.6 Å². The molecule has 0 heterocycles. The van der Waals surface area contributed by atoms with Crippen molar-refractivity contribution in [3.63, 3.8) is 0 Å². The van der Waals surface area contributed by atoms with Gasteiger partial charge in [0.25, 0.3) is 0 Å². The number of rotatable bonds is 6. The van der Waals surface area contributed by atoms with E-state index in [9.17, 15) is 0 Å². The molecule has 1 aromatic carbocycles. The van der Waals surface area contributed by atoms with Crippen molar-refractivity contribution >= 4 is 6.08 Å². The monoisotopic (exact) mass is 216 g/mol. The van der Waals surface area contributed by atoms with Gasteiger partial charge >= 0.3 is 0 Å². The average molecular weight is 216 g/mol. The maximum Gasteiger partial charge on any atom is 0.0618 e. The molecule has 0 atom stereocenters. The summed E-state index contributed by atoms with van der Waals surface area (Å²) in [4.78, 5) is 0. The van der Waals surface area contributed by atoms with Gasteiger partial charge in [-0.15, -0.1) is 0 Å². The van der Waals surface area contributed by atoms with Crippen LogP contribution in [0.15, 0.2) is 48.1 Å². The molecule has 0 saturated carbocycles. The summed E-state index contributed by atoms with van der Waals surface area (Å²) in [6.45, 7) is 2.30. The smallest absolute Gasteiger partial charge is 0.0618 e. The summed E-state index contributed by atoms with van der Waals surface area (Å²) in [6.07, 6.45) is 9.47. The third-order valence-electron chi connectivity index (χ3n) is 2.46. The van der Waals surface area contributed by atoms with Crippen molar-refractivity contribution in [2.75, 3.05) is 6.61 Å². The molecule has 0 aliphatic carbocycles. The summed E-state index contributed by atoms with van der Waals surface area (Å²) in [7, 11) is 0. The number of unbranched alkanes of at least 4 members (excludes halogenated alkanes) is 1. The van der Waals surface area contributed by atoms with E-state index in [1.165, 1.54) is 24.0 Å². The van der Waals surface area contributed by atoms with E-state index in [2.05, 4.69) is 31.2 Å². The lowest BCUT2D eigenvalue weighted by Gasteiger charge is -2.00. The quantitative estimate of drug-likeness (QED) is 0.717. The van der Waals surface area contributed by atoms with Crippen LogP contribution >= 0.6 is 0 Å². The van der Waals surface area contributed by atoms with Gasteiger partial charge in [-0.3, -0.25) is 0 Å². The standard InChI is InChI=1S/C15H20O/c1-2-3-7-15(12-13-16)11-10-14-8-5-4-6-9-14/h4-6,8-12,16H,2-3,7,13H2,1H3/b11-10+,15-12-. The van der Waals surface area contributed by atoms with Crippen LogP contribution in [-0.4, -0.2) is 11.7 Å². The summed E-state index contributed by atoms with van der Waals surface area (Å²) in [5.41, 5.74) is 2.41. The van der Waals surface area contributed by atoms with Gasteiger partial charge in [0, 0.05) is 0 Å². The van der Waals surface area contributed by atoms with Crippen LogP contribution in [0.4, 0.5) is 0 Å². The highest BCUT2D eigenvalue weighted by atomic mass is 16.2. The minimum atomic E-state index is 0.123. The molecule has 1 N–H and O–H groups in total. The number of aliphatic hydroxyl groups is 1. The van der Waals surface area contributed by atoms with Crippen molar-refractivity contribution in [2.45, 2.75) is 26.2 Å². The van der Waals surface area contributed by atoms with E-state index >= 15 is 0 Å². The Bertz CT molecular complexity index is 336. The van der Waals surface area contributed by atoms with E-state index in [1.807, 2.05) is 24.3 Å². The molecule has 0 aliphatic rings. The zero-order valence-electron chi connectivity index (χ0n) is 9.89. The summed E-state index contributed by atoms with van der Waals surface area (Å²) in [5, 5.41) is 8.92. The molecule has 0 saturated heterocycles. The first-order chi connectivity index (χ1) is 7.86. The van der Waals surface area contributed by atoms with E-state index < -0.39 is 0 Å². The van der Waals surface area contributed by atoms with Crippen LogP contribution < -0.4 is 0 Å². The van der Waals surface area contributed by atoms with Gasteiger partial charge in [0.15, 0.2) is 0 Å². The number of hydrogen-bond acceptors (Lipinski definition) is 1. The molecule has 1 heteroatoms. The predicted molar refractivity (Wildman–Crippen MR) is 70.2 cm³/mol. The minimum Gasteiger partial charge on any atom is -0.392 e. The Morgan fingerprint density at radius 1 is 1.25 bits per heavy atom. The molecule has 0 bridgehead atoms. The average Bonchev–Trinajstić information content (AvgIpc) is 2.34. The molecular formula is C15H20O. The van der Waals surface area contributed by atoms with Crippen molar-refractivity contribution in [1.82, 2.24) is 0 Å². The highest BCUT2D eigenvalue weighted by Gasteiger charge is 1.92. The SMILES string of the molecule is CCCCC(=C/CO)/C=C/c1ccccc1. The molecule has 0 unspecified atom stereocenters. The van der Waals surface area contributed by atoms with Crippen LogP contribution in [0.2, 0.25) is 0 Å². The Morgan fingerprint density at radius 2 is 2.00 bits per heavy atom. The van der Waals surface area contributed by atoms with Gasteiger partial charge in [-0.05, 0) is 24.0 Å². The van der Waals surface area contributed by atoms with E-state index in [1.54, 1.807) is 0 Å². The lowest BCUT2D eigenvalue weighted by molar-refractivity contribution is 0.341. The van der Waals surface area contributed by atoms with Gasteiger partial charge < -0.3 is 5.11 Å². The summed E-state index contributed by atoms with van der Waals surface area (Å²) >= 11 is 0. The Balaban J connectivity index is 2.61. The van der Waals surface area contributed by atoms with Gasteiger partial charge in [-0.2, -0.15) is 0 Å². The van der Waals surface area contributed by atoms with E-state index in [0.29, 0.717) is 0 Å². The number of benzene rings is 1. The molecule has 0 aliphatic heterocycles. The maximum atomic E-state index is 8.92. The molecule has 0 aromatic heterocycles. The van der Waals surface area contributed by atoms with Crippen molar-refractivity contribution in [2.24, 2.45) is 0 Å². The number of hydrogen-bond donors (Lipinski definition) is 1. The molecule has 1 nitrogen and oxygen atoms in total. The van der Waals surface area contributed by atoms with Crippen LogP contribution in [0.3, 0.4) is 0 Å². The normalized spacial score (nSPS) is 12.2. The summed E-state index contributed by atoms with van der Waals surface area (Å²) in [6, 6.07) is 10.2. The minimum absolute atomic E-state index is 0.123. The fourth-order valence-corrected chi connectivity index (χ4v) is 1.52. The fourth-order valence-electron chi connectivity index (χ4n) is 1.52. The van der Waals surface area contributed by atoms with Gasteiger partial charge in [-0.25, -0.2) is 0 Å². The van der Waals surface area contributed by atoms with Gasteiger partial charge in [0.1, 0.15) is 0 Å². The second-order valence-corrected chi connectivity index (χ2v) is 3.81. The van der Waals surface area contributed by atoms with E-state index in [4.69, 9.17) is 5.11 Å². The van der Waals surface area contributed by atoms with Crippen LogP contribution in [0.5, 0.6) is 0 Å². The lowest BCUT2D eigenvalue weighted by atomic mass is 10.1. The fraction of sp³-hybridized carbons (Fsp3) is 0.333. The molecular weight excluding hydrogens is 196 g/mol. The molecule has 0 spiro atoms. The maximum absolute atomic E-state index is 8.92. The summed E-state index contributed by atoms with van der Waals surface area (Å²) < 4.78 is 0. The summed E-state index contributed by atoms with van der Waals surface area (Å²) in [5.74, 6) is 0. The van der Waals surface area contributed by atoms with Crippen molar-refractivity contribution in [1.29, 1.82) is 0 Å². The van der Waals surface area contributed by atoms with E-state index in [0.717, 1.165) is 6.42 Å². The Kier molecular flexibility index (Phi) is 6.28. The zero-order chi connectivity index (χ0) is 11.6. The van der Waals surface area contributed by atoms with Crippen LogP contribution in [0.25, 0.3) is 6.08 Å². The molecule has 0 radical (unpaired) electrons. The Morgan fingerprint density at radius 3 is 2.62 bits per heavy atom. The van der Waals surface area contributed by atoms with Gasteiger partial charge in [0.2, 0.25) is 0 Å². The lowest BCUT2D eigenvalue weighted by Crippen LogP contribution is -1.83. The highest BCUT2D eigenvalue weighted by molar-refractivity contribution is 5.52. The topological polar surface area (TPSA) is 20.2 Å². The number of aliphatic hydroxyl groups excluding tert-OH is 1. The predicted octanol–water partition coefficient (Wildman–Crippen LogP) is 3.81. The second kappa shape index (κ2) is 7.89. The third-order valence-corrected chi connectivity index (χ3v) is 2.46. The first kappa shape index (κ1) is 12.7. The van der Waals surface area contributed by atoms with Crippen LogP contribution in [0.1, 0.15) is 31.7 Å². The first-order valence-corrected chi connectivity index (χ1v) is 5.90. The molecule has 16 heavy (non-hydrogen) atoms. The van der Waals surface area contributed by atoms with Crippen LogP contribution in [0, 0.1) is 0 Å². The van der Waals surface area contributed by atoms with Gasteiger partial charge in [-0.1, -0.05) is 61.9 Å². The van der Waals surface area contributed by atoms with Crippen molar-refractivity contribution in [3.8, 4) is 0 Å². The molecule has 0 fully saturated rings. The van der Waals surface area contributed by atoms with E-state index in [-0.39, 0.29) is 6.61 Å². The highest BCUT2D eigenvalue weighted by Crippen LogP contribution is 2.11. The molecule has 0 amide bonds. The molecule has 1 rings (SSSR count). The first-order valence-electron chi connectivity index (χ1n) is 5.90.